The largest absolute Gasteiger partial charge is 0.486 e. The van der Waals surface area contributed by atoms with Gasteiger partial charge in [0.1, 0.15) is 6.10 Å². The fourth-order valence-electron chi connectivity index (χ4n) is 4.30. The van der Waals surface area contributed by atoms with Crippen LogP contribution in [0.3, 0.4) is 0 Å². The number of fused-ring (bicyclic) bond motifs is 1. The van der Waals surface area contributed by atoms with Crippen molar-refractivity contribution in [2.24, 2.45) is 5.92 Å². The molecule has 37 heavy (non-hydrogen) atoms. The number of aliphatic hydroxyl groups excluding tert-OH is 1. The van der Waals surface area contributed by atoms with E-state index >= 15 is 0 Å². The second kappa shape index (κ2) is 12.8. The Morgan fingerprint density at radius 1 is 1.22 bits per heavy atom. The van der Waals surface area contributed by atoms with Gasteiger partial charge in [-0.05, 0) is 57.6 Å². The molecule has 8 nitrogen and oxygen atoms in total. The normalized spacial score (nSPS) is 18.6. The number of carbonyl (C=O) groups is 2. The van der Waals surface area contributed by atoms with Crippen LogP contribution in [0, 0.1) is 5.92 Å². The zero-order chi connectivity index (χ0) is 27.3. The topological polar surface area (TPSA) is 94.1 Å². The average molecular weight is 552 g/mol. The van der Waals surface area contributed by atoms with Gasteiger partial charge < -0.3 is 25.4 Å². The molecular formula is C27H36Cl2N4O4. The number of carbonyl (C=O) groups excluding carboxylic acids is 2. The summed E-state index contributed by atoms with van der Waals surface area (Å²) in [5.41, 5.74) is 1.76. The summed E-state index contributed by atoms with van der Waals surface area (Å²) in [5, 5.41) is 16.5. The molecule has 3 rings (SSSR count). The van der Waals surface area contributed by atoms with E-state index in [9.17, 15) is 14.7 Å². The van der Waals surface area contributed by atoms with Gasteiger partial charge in [-0.1, -0.05) is 42.3 Å². The molecule has 1 aliphatic heterocycles. The summed E-state index contributed by atoms with van der Waals surface area (Å²) in [6.45, 7) is 8.98. The number of amides is 3. The number of nitrogens with one attached hydrogen (secondary N) is 2. The Kier molecular flexibility index (Phi) is 10.1. The van der Waals surface area contributed by atoms with E-state index in [1.807, 2.05) is 46.9 Å². The van der Waals surface area contributed by atoms with E-state index in [1.165, 1.54) is 0 Å². The van der Waals surface area contributed by atoms with Crippen LogP contribution in [0.15, 0.2) is 36.4 Å². The van der Waals surface area contributed by atoms with E-state index in [4.69, 9.17) is 27.9 Å². The van der Waals surface area contributed by atoms with Crippen LogP contribution in [0.2, 0.25) is 10.0 Å². The lowest BCUT2D eigenvalue weighted by atomic mass is 9.99. The number of anilines is 1. The lowest BCUT2D eigenvalue weighted by Crippen LogP contribution is -2.49. The summed E-state index contributed by atoms with van der Waals surface area (Å²) in [4.78, 5) is 29.9. The minimum absolute atomic E-state index is 0.0586. The molecule has 1 heterocycles. The van der Waals surface area contributed by atoms with Crippen molar-refractivity contribution in [1.82, 2.24) is 15.1 Å². The van der Waals surface area contributed by atoms with Crippen LogP contribution >= 0.6 is 23.2 Å². The molecule has 0 saturated heterocycles. The molecule has 3 N–H and O–H groups in total. The fourth-order valence-corrected chi connectivity index (χ4v) is 4.62. The number of urea groups is 1. The standard InChI is InChI=1S/C27H36Cl2N4O4/c1-16(2)30-27(36)31-23-8-6-7-20-25(23)37-24(17(3)12-33(26(20)35)18(4)15-34)14-32(5)13-19-9-10-21(28)22(29)11-19/h6-11,16-18,24,34H,12-15H2,1-5H3,(H2,30,31,36)/t17-,18-,24-/m0/s1. The third-order valence-electron chi connectivity index (χ3n) is 6.29. The summed E-state index contributed by atoms with van der Waals surface area (Å²) in [6, 6.07) is 9.84. The summed E-state index contributed by atoms with van der Waals surface area (Å²) in [7, 11) is 1.98. The van der Waals surface area contributed by atoms with Crippen molar-refractivity contribution < 1.29 is 19.4 Å². The number of halogens is 2. The molecule has 202 valence electrons. The van der Waals surface area contributed by atoms with Crippen LogP contribution in [-0.2, 0) is 6.54 Å². The van der Waals surface area contributed by atoms with E-state index in [2.05, 4.69) is 15.5 Å². The van der Waals surface area contributed by atoms with Gasteiger partial charge in [-0.15, -0.1) is 0 Å². The first-order valence-electron chi connectivity index (χ1n) is 12.4. The number of para-hydroxylation sites is 1. The Morgan fingerprint density at radius 2 is 1.95 bits per heavy atom. The zero-order valence-electron chi connectivity index (χ0n) is 21.9. The van der Waals surface area contributed by atoms with Crippen LogP contribution in [0.1, 0.15) is 43.6 Å². The minimum atomic E-state index is -0.386. The van der Waals surface area contributed by atoms with Gasteiger partial charge in [0.25, 0.3) is 5.91 Å². The van der Waals surface area contributed by atoms with Crippen LogP contribution in [0.4, 0.5) is 10.5 Å². The number of rotatable bonds is 8. The van der Waals surface area contributed by atoms with Crippen molar-refractivity contribution in [1.29, 1.82) is 0 Å². The van der Waals surface area contributed by atoms with Gasteiger partial charge in [-0.2, -0.15) is 0 Å². The Labute approximate surface area is 228 Å². The van der Waals surface area contributed by atoms with E-state index in [0.717, 1.165) is 5.56 Å². The van der Waals surface area contributed by atoms with E-state index < -0.39 is 0 Å². The highest BCUT2D eigenvalue weighted by molar-refractivity contribution is 6.42. The summed E-state index contributed by atoms with van der Waals surface area (Å²) >= 11 is 12.3. The quantitative estimate of drug-likeness (QED) is 0.435. The number of likely N-dealkylation sites (N-methyl/N-ethyl adjacent to an activating group) is 1. The maximum absolute atomic E-state index is 13.6. The van der Waals surface area contributed by atoms with Gasteiger partial charge in [0.05, 0.1) is 33.9 Å². The maximum Gasteiger partial charge on any atom is 0.319 e. The molecule has 0 spiro atoms. The highest BCUT2D eigenvalue weighted by Gasteiger charge is 2.34. The van der Waals surface area contributed by atoms with Crippen LogP contribution in [0.5, 0.6) is 5.75 Å². The third kappa shape index (κ3) is 7.51. The predicted molar refractivity (Wildman–Crippen MR) is 148 cm³/mol. The Bertz CT molecular complexity index is 1110. The smallest absolute Gasteiger partial charge is 0.319 e. The lowest BCUT2D eigenvalue weighted by Gasteiger charge is -2.38. The number of nitrogens with zero attached hydrogens (tertiary/aromatic N) is 2. The van der Waals surface area contributed by atoms with Gasteiger partial charge in [-0.3, -0.25) is 9.69 Å². The van der Waals surface area contributed by atoms with Crippen molar-refractivity contribution in [3.05, 3.63) is 57.6 Å². The summed E-state index contributed by atoms with van der Waals surface area (Å²) < 4.78 is 6.53. The van der Waals surface area contributed by atoms with E-state index in [0.29, 0.717) is 46.7 Å². The number of hydrogen-bond donors (Lipinski definition) is 3. The SMILES string of the molecule is CC(C)NC(=O)Nc1cccc2c1O[C@@H](CN(C)Cc1ccc(Cl)c(Cl)c1)[C@@H](C)CN([C@@H](C)CO)C2=O. The summed E-state index contributed by atoms with van der Waals surface area (Å²) in [6.07, 6.45) is -0.316. The number of hydrogen-bond acceptors (Lipinski definition) is 5. The first-order chi connectivity index (χ1) is 17.5. The molecule has 3 amide bonds. The molecule has 2 aromatic carbocycles. The zero-order valence-corrected chi connectivity index (χ0v) is 23.4. The van der Waals surface area contributed by atoms with Crippen molar-refractivity contribution in [3.8, 4) is 5.75 Å². The molecule has 1 aliphatic rings. The molecule has 0 aliphatic carbocycles. The molecule has 0 saturated carbocycles. The molecule has 10 heteroatoms. The fraction of sp³-hybridized carbons (Fsp3) is 0.481. The Hall–Kier alpha value is -2.52. The molecule has 0 unspecified atom stereocenters. The van der Waals surface area contributed by atoms with Gasteiger partial charge in [0.15, 0.2) is 5.75 Å². The second-order valence-corrected chi connectivity index (χ2v) is 10.8. The van der Waals surface area contributed by atoms with Gasteiger partial charge in [-0.25, -0.2) is 4.79 Å². The monoisotopic (exact) mass is 550 g/mol. The number of ether oxygens (including phenoxy) is 1. The summed E-state index contributed by atoms with van der Waals surface area (Å²) in [5.74, 6) is -0.000126. The molecule has 0 bridgehead atoms. The van der Waals surface area contributed by atoms with Crippen molar-refractivity contribution in [2.75, 3.05) is 32.1 Å². The molecule has 0 aromatic heterocycles. The van der Waals surface area contributed by atoms with Crippen molar-refractivity contribution >= 4 is 40.8 Å². The maximum atomic E-state index is 13.6. The molecule has 3 atom stereocenters. The van der Waals surface area contributed by atoms with Crippen molar-refractivity contribution in [3.63, 3.8) is 0 Å². The molecule has 0 radical (unpaired) electrons. The lowest BCUT2D eigenvalue weighted by molar-refractivity contribution is 0.0343. The Morgan fingerprint density at radius 3 is 2.59 bits per heavy atom. The average Bonchev–Trinajstić information content (AvgIpc) is 2.83. The van der Waals surface area contributed by atoms with Gasteiger partial charge >= 0.3 is 6.03 Å². The minimum Gasteiger partial charge on any atom is -0.486 e. The van der Waals surface area contributed by atoms with Gasteiger partial charge in [0, 0.05) is 31.6 Å². The molecule has 0 fully saturated rings. The third-order valence-corrected chi connectivity index (χ3v) is 7.03. The highest BCUT2D eigenvalue weighted by Crippen LogP contribution is 2.35. The molecular weight excluding hydrogens is 515 g/mol. The molecule has 2 aromatic rings. The van der Waals surface area contributed by atoms with Crippen LogP contribution in [-0.4, -0.2) is 71.8 Å². The van der Waals surface area contributed by atoms with E-state index in [-0.39, 0.29) is 42.7 Å². The van der Waals surface area contributed by atoms with Gasteiger partial charge in [0.2, 0.25) is 0 Å². The first-order valence-corrected chi connectivity index (χ1v) is 13.2. The second-order valence-electron chi connectivity index (χ2n) is 10.0. The van der Waals surface area contributed by atoms with E-state index in [1.54, 1.807) is 29.2 Å². The van der Waals surface area contributed by atoms with Crippen LogP contribution < -0.4 is 15.4 Å². The van der Waals surface area contributed by atoms with Crippen molar-refractivity contribution in [2.45, 2.75) is 52.4 Å². The van der Waals surface area contributed by atoms with Crippen LogP contribution in [0.25, 0.3) is 0 Å². The Balaban J connectivity index is 1.94. The number of benzene rings is 2. The number of aliphatic hydroxyl groups is 1. The first kappa shape index (κ1) is 29.0. The highest BCUT2D eigenvalue weighted by atomic mass is 35.5. The predicted octanol–water partition coefficient (Wildman–Crippen LogP) is 4.88.